The topological polar surface area (TPSA) is 58.6 Å². The van der Waals surface area contributed by atoms with Crippen molar-refractivity contribution in [3.8, 4) is 11.5 Å². The summed E-state index contributed by atoms with van der Waals surface area (Å²) in [5.41, 5.74) is 1.52. The minimum Gasteiger partial charge on any atom is -0.507 e. The summed E-state index contributed by atoms with van der Waals surface area (Å²) >= 11 is 0. The van der Waals surface area contributed by atoms with Gasteiger partial charge in [0, 0.05) is 6.42 Å². The van der Waals surface area contributed by atoms with E-state index in [0.717, 1.165) is 35.6 Å². The van der Waals surface area contributed by atoms with Crippen LogP contribution in [0.4, 0.5) is 0 Å². The maximum absolute atomic E-state index is 12.9. The van der Waals surface area contributed by atoms with Gasteiger partial charge in [0.2, 0.25) is 5.91 Å². The predicted octanol–water partition coefficient (Wildman–Crippen LogP) is 4.65. The van der Waals surface area contributed by atoms with Crippen LogP contribution in [-0.4, -0.2) is 16.6 Å². The van der Waals surface area contributed by atoms with E-state index in [-0.39, 0.29) is 23.3 Å². The first-order valence-corrected chi connectivity index (χ1v) is 9.90. The highest BCUT2D eigenvalue weighted by atomic mass is 16.5. The summed E-state index contributed by atoms with van der Waals surface area (Å²) in [7, 11) is 0. The number of hydrogen-bond donors (Lipinski definition) is 2. The highest BCUT2D eigenvalue weighted by Gasteiger charge is 2.46. The van der Waals surface area contributed by atoms with Crippen LogP contribution in [0.1, 0.15) is 42.9 Å². The Morgan fingerprint density at radius 1 is 1.07 bits per heavy atom. The minimum absolute atomic E-state index is 0.0353. The van der Waals surface area contributed by atoms with Gasteiger partial charge in [-0.1, -0.05) is 48.5 Å². The van der Waals surface area contributed by atoms with Gasteiger partial charge < -0.3 is 15.2 Å². The number of carbonyl (C=O) groups is 1. The number of ether oxygens (including phenoxy) is 1. The second kappa shape index (κ2) is 6.55. The summed E-state index contributed by atoms with van der Waals surface area (Å²) in [5.74, 6) is 0.843. The molecule has 142 valence electrons. The van der Waals surface area contributed by atoms with Gasteiger partial charge in [0.05, 0.1) is 18.0 Å². The Kier molecular flexibility index (Phi) is 4.00. The summed E-state index contributed by atoms with van der Waals surface area (Å²) in [6.07, 6.45) is 4.16. The molecule has 1 spiro atoms. The first-order valence-electron chi connectivity index (χ1n) is 9.90. The molecule has 28 heavy (non-hydrogen) atoms. The molecule has 2 aliphatic rings. The third-order valence-corrected chi connectivity index (χ3v) is 6.13. The van der Waals surface area contributed by atoms with Crippen LogP contribution in [0.5, 0.6) is 11.5 Å². The smallest absolute Gasteiger partial charge is 0.224 e. The largest absolute Gasteiger partial charge is 0.507 e. The number of fused-ring (bicyclic) bond motifs is 2. The number of amides is 1. The Balaban J connectivity index is 1.41. The molecule has 0 radical (unpaired) electrons. The normalized spacial score (nSPS) is 19.5. The highest BCUT2D eigenvalue weighted by molar-refractivity contribution is 5.90. The van der Waals surface area contributed by atoms with Crippen molar-refractivity contribution in [2.45, 2.75) is 43.7 Å². The fourth-order valence-corrected chi connectivity index (χ4v) is 4.59. The second-order valence-electron chi connectivity index (χ2n) is 7.97. The molecule has 2 N–H and O–H groups in total. The molecular weight excluding hydrogens is 350 g/mol. The lowest BCUT2D eigenvalue weighted by molar-refractivity contribution is -0.122. The summed E-state index contributed by atoms with van der Waals surface area (Å²) in [6.45, 7) is 0. The van der Waals surface area contributed by atoms with Crippen molar-refractivity contribution >= 4 is 16.7 Å². The van der Waals surface area contributed by atoms with Gasteiger partial charge in [-0.15, -0.1) is 0 Å². The van der Waals surface area contributed by atoms with Crippen molar-refractivity contribution in [2.24, 2.45) is 0 Å². The molecule has 3 aromatic carbocycles. The molecular formula is C24H23NO3. The van der Waals surface area contributed by atoms with Crippen LogP contribution >= 0.6 is 0 Å². The average molecular weight is 373 g/mol. The molecule has 1 saturated carbocycles. The number of carbonyl (C=O) groups excluding carboxylic acids is 1. The molecule has 0 aromatic heterocycles. The van der Waals surface area contributed by atoms with Gasteiger partial charge in [-0.05, 0) is 47.7 Å². The van der Waals surface area contributed by atoms with E-state index in [1.807, 2.05) is 30.3 Å². The zero-order valence-electron chi connectivity index (χ0n) is 15.7. The van der Waals surface area contributed by atoms with E-state index in [0.29, 0.717) is 24.2 Å². The van der Waals surface area contributed by atoms with Crippen molar-refractivity contribution in [3.05, 3.63) is 71.8 Å². The molecule has 1 atom stereocenters. The van der Waals surface area contributed by atoms with E-state index in [1.54, 1.807) is 12.1 Å². The van der Waals surface area contributed by atoms with Crippen molar-refractivity contribution < 1.29 is 14.6 Å². The Hall–Kier alpha value is -3.01. The molecule has 0 bridgehead atoms. The van der Waals surface area contributed by atoms with Gasteiger partial charge >= 0.3 is 0 Å². The second-order valence-corrected chi connectivity index (χ2v) is 7.97. The molecule has 1 unspecified atom stereocenters. The van der Waals surface area contributed by atoms with E-state index in [9.17, 15) is 9.90 Å². The molecule has 1 heterocycles. The quantitative estimate of drug-likeness (QED) is 0.703. The number of nitrogens with one attached hydrogen (secondary N) is 1. The minimum atomic E-state index is -0.229. The van der Waals surface area contributed by atoms with Gasteiger partial charge in [0.25, 0.3) is 0 Å². The third-order valence-electron chi connectivity index (χ3n) is 6.13. The van der Waals surface area contributed by atoms with Crippen LogP contribution in [0.2, 0.25) is 0 Å². The molecule has 4 heteroatoms. The van der Waals surface area contributed by atoms with Crippen LogP contribution in [0.25, 0.3) is 10.8 Å². The Labute approximate surface area is 164 Å². The maximum atomic E-state index is 12.9. The summed E-state index contributed by atoms with van der Waals surface area (Å²) < 4.78 is 6.21. The number of hydrogen-bond acceptors (Lipinski definition) is 3. The van der Waals surface area contributed by atoms with E-state index in [2.05, 4.69) is 23.5 Å². The van der Waals surface area contributed by atoms with E-state index >= 15 is 0 Å². The molecule has 5 rings (SSSR count). The molecule has 1 amide bonds. The van der Waals surface area contributed by atoms with Crippen LogP contribution in [-0.2, 0) is 11.2 Å². The Bertz CT molecular complexity index is 1050. The molecule has 1 fully saturated rings. The molecule has 0 saturated heterocycles. The van der Waals surface area contributed by atoms with Crippen LogP contribution in [0.3, 0.4) is 0 Å². The molecule has 1 aliphatic carbocycles. The lowest BCUT2D eigenvalue weighted by Gasteiger charge is -2.48. The number of rotatable bonds is 3. The first kappa shape index (κ1) is 17.1. The molecule has 3 aromatic rings. The van der Waals surface area contributed by atoms with Gasteiger partial charge in [-0.2, -0.15) is 0 Å². The lowest BCUT2D eigenvalue weighted by Crippen LogP contribution is -2.49. The fraction of sp³-hybridized carbons (Fsp3) is 0.292. The predicted molar refractivity (Wildman–Crippen MR) is 108 cm³/mol. The number of benzene rings is 3. The number of phenols is 1. The van der Waals surface area contributed by atoms with Crippen LogP contribution in [0, 0.1) is 0 Å². The molecule has 4 nitrogen and oxygen atoms in total. The SMILES string of the molecule is O=C(Cc1cccc2ccccc12)NC1CC2(CCC2)Oc2cccc(O)c21. The zero-order chi connectivity index (χ0) is 19.1. The van der Waals surface area contributed by atoms with Crippen LogP contribution < -0.4 is 10.1 Å². The third kappa shape index (κ3) is 2.89. The number of phenolic OH excluding ortho intramolecular Hbond substituents is 1. The van der Waals surface area contributed by atoms with E-state index in [1.165, 1.54) is 0 Å². The Morgan fingerprint density at radius 3 is 2.68 bits per heavy atom. The average Bonchev–Trinajstić information content (AvgIpc) is 2.67. The Morgan fingerprint density at radius 2 is 1.86 bits per heavy atom. The van der Waals surface area contributed by atoms with Gasteiger partial charge in [-0.25, -0.2) is 0 Å². The summed E-state index contributed by atoms with van der Waals surface area (Å²) in [5, 5.41) is 15.8. The first-order chi connectivity index (χ1) is 13.6. The maximum Gasteiger partial charge on any atom is 0.224 e. The zero-order valence-corrected chi connectivity index (χ0v) is 15.7. The van der Waals surface area contributed by atoms with E-state index in [4.69, 9.17) is 4.74 Å². The fourth-order valence-electron chi connectivity index (χ4n) is 4.59. The van der Waals surface area contributed by atoms with Crippen LogP contribution in [0.15, 0.2) is 60.7 Å². The molecule has 1 aliphatic heterocycles. The van der Waals surface area contributed by atoms with Crippen molar-refractivity contribution in [2.75, 3.05) is 0 Å². The number of aromatic hydroxyl groups is 1. The van der Waals surface area contributed by atoms with Gasteiger partial charge in [0.1, 0.15) is 17.1 Å². The summed E-state index contributed by atoms with van der Waals surface area (Å²) in [6, 6.07) is 19.3. The van der Waals surface area contributed by atoms with Gasteiger partial charge in [0.15, 0.2) is 0 Å². The summed E-state index contributed by atoms with van der Waals surface area (Å²) in [4.78, 5) is 12.9. The van der Waals surface area contributed by atoms with Crippen molar-refractivity contribution in [1.82, 2.24) is 5.32 Å². The highest BCUT2D eigenvalue weighted by Crippen LogP contribution is 2.51. The van der Waals surface area contributed by atoms with Crippen molar-refractivity contribution in [1.29, 1.82) is 0 Å². The lowest BCUT2D eigenvalue weighted by atomic mass is 9.72. The van der Waals surface area contributed by atoms with Gasteiger partial charge in [-0.3, -0.25) is 4.79 Å². The van der Waals surface area contributed by atoms with E-state index < -0.39 is 0 Å². The standard InChI is InChI=1S/C24H23NO3/c26-20-10-4-11-21-23(20)19(15-24(28-21)12-5-13-24)25-22(27)14-17-8-3-7-16-6-1-2-9-18(16)17/h1-4,6-11,19,26H,5,12-15H2,(H,25,27). The van der Waals surface area contributed by atoms with Crippen molar-refractivity contribution in [3.63, 3.8) is 0 Å². The monoisotopic (exact) mass is 373 g/mol.